The molecule has 0 saturated heterocycles. The van der Waals surface area contributed by atoms with Crippen LogP contribution in [0.25, 0.3) is 20.0 Å². The van der Waals surface area contributed by atoms with Crippen molar-refractivity contribution in [2.24, 2.45) is 0 Å². The van der Waals surface area contributed by atoms with E-state index in [0.717, 1.165) is 10.0 Å². The molecule has 0 aromatic carbocycles. The molecule has 0 radical (unpaired) electrons. The number of aryl methyl sites for hydroxylation is 2. The van der Waals surface area contributed by atoms with Gasteiger partial charge in [0.05, 0.1) is 9.58 Å². The van der Waals surface area contributed by atoms with Crippen LogP contribution in [-0.2, 0) is 0 Å². The number of pyridine rings is 1. The fraction of sp³-hybridized carbons (Fsp3) is 0.182. The molecule has 80 valence electrons. The largest absolute Gasteiger partial charge is 0.263 e. The summed E-state index contributed by atoms with van der Waals surface area (Å²) < 4.78 is 1.21. The summed E-state index contributed by atoms with van der Waals surface area (Å²) in [5, 5.41) is 11.5. The molecule has 3 heterocycles. The Balaban J connectivity index is 2.22. The van der Waals surface area contributed by atoms with E-state index in [-0.39, 0.29) is 0 Å². The molecule has 0 amide bonds. The van der Waals surface area contributed by atoms with Gasteiger partial charge in [-0.3, -0.25) is 4.98 Å². The van der Waals surface area contributed by atoms with Crippen molar-refractivity contribution in [3.63, 3.8) is 0 Å². The van der Waals surface area contributed by atoms with Crippen LogP contribution in [-0.4, -0.2) is 15.2 Å². The zero-order valence-electron chi connectivity index (χ0n) is 8.89. The smallest absolute Gasteiger partial charge is 0.157 e. The van der Waals surface area contributed by atoms with Crippen molar-refractivity contribution in [3.05, 3.63) is 29.0 Å². The van der Waals surface area contributed by atoms with Gasteiger partial charge in [-0.15, -0.1) is 21.5 Å². The molecule has 3 aromatic rings. The van der Waals surface area contributed by atoms with Gasteiger partial charge in [0.1, 0.15) is 5.01 Å². The van der Waals surface area contributed by atoms with Crippen molar-refractivity contribution >= 4 is 32.8 Å². The van der Waals surface area contributed by atoms with Gasteiger partial charge >= 0.3 is 0 Å². The van der Waals surface area contributed by atoms with Gasteiger partial charge in [-0.1, -0.05) is 11.3 Å². The van der Waals surface area contributed by atoms with E-state index < -0.39 is 0 Å². The third-order valence-electron chi connectivity index (χ3n) is 2.38. The topological polar surface area (TPSA) is 38.7 Å². The lowest BCUT2D eigenvalue weighted by molar-refractivity contribution is 1.05. The predicted octanol–water partition coefficient (Wildman–Crippen LogP) is 3.43. The average molecular weight is 247 g/mol. The lowest BCUT2D eigenvalue weighted by Crippen LogP contribution is -1.74. The van der Waals surface area contributed by atoms with Gasteiger partial charge in [0.25, 0.3) is 0 Å². The first-order valence-corrected chi connectivity index (χ1v) is 6.52. The van der Waals surface area contributed by atoms with E-state index in [0.29, 0.717) is 0 Å². The molecule has 3 aromatic heterocycles. The molecule has 0 saturated carbocycles. The number of fused-ring (bicyclic) bond motifs is 1. The summed E-state index contributed by atoms with van der Waals surface area (Å²) in [7, 11) is 0. The highest BCUT2D eigenvalue weighted by Crippen LogP contribution is 2.35. The molecule has 0 atom stereocenters. The number of thiophene rings is 1. The van der Waals surface area contributed by atoms with Crippen LogP contribution < -0.4 is 0 Å². The highest BCUT2D eigenvalue weighted by atomic mass is 32.1. The van der Waals surface area contributed by atoms with Crippen LogP contribution in [0.2, 0.25) is 0 Å². The van der Waals surface area contributed by atoms with Crippen molar-refractivity contribution in [3.8, 4) is 9.88 Å². The summed E-state index contributed by atoms with van der Waals surface area (Å²) in [4.78, 5) is 5.38. The molecule has 0 fully saturated rings. The molecular weight excluding hydrogens is 238 g/mol. The average Bonchev–Trinajstić information content (AvgIpc) is 2.84. The Morgan fingerprint density at radius 3 is 2.62 bits per heavy atom. The highest BCUT2D eigenvalue weighted by molar-refractivity contribution is 7.25. The molecule has 3 rings (SSSR count). The van der Waals surface area contributed by atoms with Gasteiger partial charge in [-0.2, -0.15) is 0 Å². The predicted molar refractivity (Wildman–Crippen MR) is 68.0 cm³/mol. The Hall–Kier alpha value is -1.33. The van der Waals surface area contributed by atoms with E-state index in [1.54, 1.807) is 22.7 Å². The minimum atomic E-state index is 0.998. The summed E-state index contributed by atoms with van der Waals surface area (Å²) in [6.45, 7) is 4.05. The van der Waals surface area contributed by atoms with Crippen LogP contribution in [0.5, 0.6) is 0 Å². The Labute approximate surface area is 101 Å². The van der Waals surface area contributed by atoms with Gasteiger partial charge < -0.3 is 0 Å². The maximum Gasteiger partial charge on any atom is 0.157 e. The summed E-state index contributed by atoms with van der Waals surface area (Å²) in [6, 6.07) is 2.18. The van der Waals surface area contributed by atoms with Crippen molar-refractivity contribution in [1.29, 1.82) is 0 Å². The van der Waals surface area contributed by atoms with Crippen LogP contribution in [0.15, 0.2) is 18.5 Å². The third kappa shape index (κ3) is 1.52. The standard InChI is InChI=1S/C11H9N3S2/c1-6-4-12-5-10-8(6)3-9(16-10)11-14-13-7(2)15-11/h3-5H,1-2H3. The van der Waals surface area contributed by atoms with Crippen LogP contribution in [0.4, 0.5) is 0 Å². The van der Waals surface area contributed by atoms with E-state index in [2.05, 4.69) is 28.2 Å². The first-order chi connectivity index (χ1) is 7.74. The van der Waals surface area contributed by atoms with Crippen LogP contribution in [0, 0.1) is 13.8 Å². The second kappa shape index (κ2) is 3.61. The molecular formula is C11H9N3S2. The lowest BCUT2D eigenvalue weighted by atomic mass is 10.2. The van der Waals surface area contributed by atoms with Gasteiger partial charge in [0, 0.05) is 12.4 Å². The fourth-order valence-electron chi connectivity index (χ4n) is 1.60. The summed E-state index contributed by atoms with van der Waals surface area (Å²) >= 11 is 3.35. The Kier molecular flexibility index (Phi) is 2.22. The molecule has 0 bridgehead atoms. The van der Waals surface area contributed by atoms with Gasteiger partial charge in [0.15, 0.2) is 5.01 Å². The number of nitrogens with zero attached hydrogens (tertiary/aromatic N) is 3. The van der Waals surface area contributed by atoms with Gasteiger partial charge in [0.2, 0.25) is 0 Å². The van der Waals surface area contributed by atoms with Crippen molar-refractivity contribution < 1.29 is 0 Å². The summed E-state index contributed by atoms with van der Waals surface area (Å²) in [5.74, 6) is 0. The first-order valence-electron chi connectivity index (χ1n) is 4.88. The second-order valence-corrected chi connectivity index (χ2v) is 5.87. The molecule has 0 aliphatic carbocycles. The molecule has 0 aliphatic rings. The Bertz CT molecular complexity index is 654. The number of hydrogen-bond donors (Lipinski definition) is 0. The molecule has 0 N–H and O–H groups in total. The van der Waals surface area contributed by atoms with Crippen molar-refractivity contribution in [1.82, 2.24) is 15.2 Å². The van der Waals surface area contributed by atoms with E-state index in [4.69, 9.17) is 0 Å². The lowest BCUT2D eigenvalue weighted by Gasteiger charge is -1.90. The van der Waals surface area contributed by atoms with Gasteiger partial charge in [-0.05, 0) is 30.9 Å². The van der Waals surface area contributed by atoms with Crippen LogP contribution in [0.1, 0.15) is 10.6 Å². The Morgan fingerprint density at radius 2 is 1.94 bits per heavy atom. The first kappa shape index (κ1) is 9.86. The third-order valence-corrected chi connectivity index (χ3v) is 4.46. The monoisotopic (exact) mass is 247 g/mol. The van der Waals surface area contributed by atoms with E-state index in [9.17, 15) is 0 Å². The second-order valence-electron chi connectivity index (χ2n) is 3.61. The number of aromatic nitrogens is 3. The maximum atomic E-state index is 4.20. The molecule has 5 heteroatoms. The zero-order valence-corrected chi connectivity index (χ0v) is 10.5. The SMILES string of the molecule is Cc1nnc(-c2cc3c(C)cncc3s2)s1. The molecule has 16 heavy (non-hydrogen) atoms. The van der Waals surface area contributed by atoms with Gasteiger partial charge in [-0.25, -0.2) is 0 Å². The van der Waals surface area contributed by atoms with E-state index in [1.807, 2.05) is 19.3 Å². The molecule has 0 unspecified atom stereocenters. The van der Waals surface area contributed by atoms with E-state index >= 15 is 0 Å². The molecule has 3 nitrogen and oxygen atoms in total. The number of rotatable bonds is 1. The Morgan fingerprint density at radius 1 is 1.06 bits per heavy atom. The van der Waals surface area contributed by atoms with E-state index in [1.165, 1.54) is 20.5 Å². The molecule has 0 aliphatic heterocycles. The maximum absolute atomic E-state index is 4.20. The minimum Gasteiger partial charge on any atom is -0.263 e. The normalized spacial score (nSPS) is 11.1. The van der Waals surface area contributed by atoms with Crippen molar-refractivity contribution in [2.75, 3.05) is 0 Å². The summed E-state index contributed by atoms with van der Waals surface area (Å²) in [6.07, 6.45) is 3.80. The van der Waals surface area contributed by atoms with Crippen LogP contribution >= 0.6 is 22.7 Å². The zero-order chi connectivity index (χ0) is 11.1. The van der Waals surface area contributed by atoms with Crippen molar-refractivity contribution in [2.45, 2.75) is 13.8 Å². The highest BCUT2D eigenvalue weighted by Gasteiger charge is 2.09. The molecule has 0 spiro atoms. The number of hydrogen-bond acceptors (Lipinski definition) is 5. The van der Waals surface area contributed by atoms with Crippen LogP contribution in [0.3, 0.4) is 0 Å². The fourth-order valence-corrected chi connectivity index (χ4v) is 3.43. The summed E-state index contributed by atoms with van der Waals surface area (Å²) in [5.41, 5.74) is 1.21. The minimum absolute atomic E-state index is 0.998. The quantitative estimate of drug-likeness (QED) is 0.661.